The third-order valence-corrected chi connectivity index (χ3v) is 6.54. The molecule has 0 radical (unpaired) electrons. The van der Waals surface area contributed by atoms with Gasteiger partial charge in [0.05, 0.1) is 28.0 Å². The first-order valence-corrected chi connectivity index (χ1v) is 12.8. The van der Waals surface area contributed by atoms with Gasteiger partial charge in [0.25, 0.3) is 5.91 Å². The quantitative estimate of drug-likeness (QED) is 0.264. The van der Waals surface area contributed by atoms with E-state index in [2.05, 4.69) is 5.32 Å². The lowest BCUT2D eigenvalue weighted by Crippen LogP contribution is -2.20. The van der Waals surface area contributed by atoms with E-state index in [9.17, 15) is 9.59 Å². The minimum Gasteiger partial charge on any atom is -0.454 e. The number of fused-ring (bicyclic) bond motifs is 2. The fourth-order valence-electron chi connectivity index (χ4n) is 4.39. The normalized spacial score (nSPS) is 11.8. The number of nitrogens with zero attached hydrogens (tertiary/aromatic N) is 2. The summed E-state index contributed by atoms with van der Waals surface area (Å²) < 4.78 is 15.9. The molecule has 0 unspecified atom stereocenters. The maximum absolute atomic E-state index is 12.8. The molecule has 6 rings (SSSR count). The van der Waals surface area contributed by atoms with Crippen LogP contribution in [0.25, 0.3) is 33.5 Å². The highest BCUT2D eigenvalue weighted by atomic mass is 16.7. The second-order valence-corrected chi connectivity index (χ2v) is 9.55. The molecular formula is C32H25N3O5. The van der Waals surface area contributed by atoms with Crippen LogP contribution in [0.2, 0.25) is 0 Å². The minimum absolute atomic E-state index is 0.139. The van der Waals surface area contributed by atoms with Crippen molar-refractivity contribution in [2.75, 3.05) is 18.7 Å². The first kappa shape index (κ1) is 25.1. The van der Waals surface area contributed by atoms with Crippen molar-refractivity contribution in [2.45, 2.75) is 13.8 Å². The van der Waals surface area contributed by atoms with Crippen molar-refractivity contribution in [1.29, 1.82) is 0 Å². The van der Waals surface area contributed by atoms with Crippen LogP contribution in [0, 0.1) is 13.8 Å². The number of hydrogen-bond donors (Lipinski definition) is 1. The number of aryl methyl sites for hydroxylation is 2. The van der Waals surface area contributed by atoms with Crippen LogP contribution < -0.4 is 14.8 Å². The van der Waals surface area contributed by atoms with Crippen LogP contribution in [-0.4, -0.2) is 35.2 Å². The zero-order valence-corrected chi connectivity index (χ0v) is 21.9. The Balaban J connectivity index is 1.24. The van der Waals surface area contributed by atoms with Crippen molar-refractivity contribution < 1.29 is 23.8 Å². The summed E-state index contributed by atoms with van der Waals surface area (Å²) in [7, 11) is 0. The summed E-state index contributed by atoms with van der Waals surface area (Å²) in [5.41, 5.74) is 7.61. The molecule has 2 heterocycles. The lowest BCUT2D eigenvalue weighted by atomic mass is 10.0. The van der Waals surface area contributed by atoms with Gasteiger partial charge in [-0.1, -0.05) is 59.7 Å². The Bertz CT molecular complexity index is 1750. The number of rotatable bonds is 6. The van der Waals surface area contributed by atoms with Crippen molar-refractivity contribution in [1.82, 2.24) is 9.97 Å². The van der Waals surface area contributed by atoms with Gasteiger partial charge >= 0.3 is 5.97 Å². The summed E-state index contributed by atoms with van der Waals surface area (Å²) in [5.74, 6) is 0.0455. The first-order valence-electron chi connectivity index (χ1n) is 12.8. The van der Waals surface area contributed by atoms with Crippen LogP contribution in [0.4, 0.5) is 5.69 Å². The predicted molar refractivity (Wildman–Crippen MR) is 151 cm³/mol. The molecule has 5 aromatic rings. The summed E-state index contributed by atoms with van der Waals surface area (Å²) in [5, 5.41) is 2.69. The molecule has 0 fully saturated rings. The number of amides is 1. The molecule has 1 aromatic heterocycles. The van der Waals surface area contributed by atoms with E-state index in [1.54, 1.807) is 36.4 Å². The molecule has 0 spiro atoms. The van der Waals surface area contributed by atoms with Crippen LogP contribution in [0.5, 0.6) is 11.5 Å². The van der Waals surface area contributed by atoms with Gasteiger partial charge in [0.2, 0.25) is 6.79 Å². The maximum atomic E-state index is 12.8. The van der Waals surface area contributed by atoms with Gasteiger partial charge in [-0.05, 0) is 44.2 Å². The number of nitrogens with one attached hydrogen (secondary N) is 1. The Morgan fingerprint density at radius 3 is 2.05 bits per heavy atom. The molecule has 0 aliphatic carbocycles. The lowest BCUT2D eigenvalue weighted by Gasteiger charge is -2.12. The number of anilines is 1. The maximum Gasteiger partial charge on any atom is 0.338 e. The molecule has 4 aromatic carbocycles. The molecule has 1 aliphatic rings. The fourth-order valence-corrected chi connectivity index (χ4v) is 4.39. The summed E-state index contributed by atoms with van der Waals surface area (Å²) in [6.45, 7) is 3.76. The number of benzene rings is 4. The van der Waals surface area contributed by atoms with Crippen molar-refractivity contribution in [3.63, 3.8) is 0 Å². The Kier molecular flexibility index (Phi) is 6.57. The number of aromatic nitrogens is 2. The first-order chi connectivity index (χ1) is 19.4. The van der Waals surface area contributed by atoms with E-state index in [0.717, 1.165) is 27.9 Å². The Hall–Kier alpha value is -5.24. The number of esters is 1. The topological polar surface area (TPSA) is 99.6 Å². The van der Waals surface area contributed by atoms with Gasteiger partial charge < -0.3 is 19.5 Å². The summed E-state index contributed by atoms with van der Waals surface area (Å²) >= 11 is 0. The summed E-state index contributed by atoms with van der Waals surface area (Å²) in [6, 6.07) is 26.3. The van der Waals surface area contributed by atoms with Crippen molar-refractivity contribution in [3.8, 4) is 34.0 Å². The average molecular weight is 532 g/mol. The molecule has 198 valence electrons. The number of ether oxygens (including phenoxy) is 3. The summed E-state index contributed by atoms with van der Waals surface area (Å²) in [6.07, 6.45) is 0. The molecule has 1 amide bonds. The molecule has 8 heteroatoms. The van der Waals surface area contributed by atoms with Gasteiger partial charge in [0.15, 0.2) is 18.1 Å². The van der Waals surface area contributed by atoms with Gasteiger partial charge in [-0.3, -0.25) is 4.79 Å². The number of carbonyl (C=O) groups excluding carboxylic acids is 2. The van der Waals surface area contributed by atoms with E-state index >= 15 is 0 Å². The molecule has 0 saturated carbocycles. The highest BCUT2D eigenvalue weighted by Gasteiger charge is 2.17. The van der Waals surface area contributed by atoms with Crippen molar-refractivity contribution in [3.05, 3.63) is 102 Å². The average Bonchev–Trinajstić information content (AvgIpc) is 3.44. The predicted octanol–water partition coefficient (Wildman–Crippen LogP) is 6.10. The van der Waals surface area contributed by atoms with Crippen LogP contribution in [0.15, 0.2) is 84.9 Å². The molecule has 8 nitrogen and oxygen atoms in total. The molecule has 0 atom stereocenters. The van der Waals surface area contributed by atoms with E-state index < -0.39 is 18.5 Å². The third kappa shape index (κ3) is 5.19. The van der Waals surface area contributed by atoms with Crippen LogP contribution in [0.1, 0.15) is 21.5 Å². The number of hydrogen-bond acceptors (Lipinski definition) is 7. The highest BCUT2D eigenvalue weighted by Crippen LogP contribution is 2.34. The Morgan fingerprint density at radius 1 is 0.750 bits per heavy atom. The molecule has 0 bridgehead atoms. The van der Waals surface area contributed by atoms with E-state index in [0.29, 0.717) is 33.9 Å². The van der Waals surface area contributed by atoms with Crippen molar-refractivity contribution in [2.24, 2.45) is 0 Å². The molecule has 1 N–H and O–H groups in total. The molecule has 0 saturated heterocycles. The van der Waals surface area contributed by atoms with E-state index in [1.165, 1.54) is 0 Å². The van der Waals surface area contributed by atoms with Crippen molar-refractivity contribution >= 4 is 28.6 Å². The fraction of sp³-hybridized carbons (Fsp3) is 0.125. The van der Waals surface area contributed by atoms with E-state index in [-0.39, 0.29) is 12.4 Å². The lowest BCUT2D eigenvalue weighted by molar-refractivity contribution is -0.119. The monoisotopic (exact) mass is 531 g/mol. The van der Waals surface area contributed by atoms with Gasteiger partial charge in [-0.25, -0.2) is 14.8 Å². The molecular weight excluding hydrogens is 506 g/mol. The second kappa shape index (κ2) is 10.5. The number of carbonyl (C=O) groups is 2. The highest BCUT2D eigenvalue weighted by molar-refractivity contribution is 5.98. The van der Waals surface area contributed by atoms with Gasteiger partial charge in [-0.15, -0.1) is 0 Å². The standard InChI is InChI=1S/C32H25N3O5/c1-19-3-7-21(8-4-19)30-31(22-9-5-20(2)6-10-22)35-26-15-23(11-13-25(26)34-30)32(37)38-17-29(36)33-24-12-14-27-28(16-24)40-18-39-27/h3-16H,17-18H2,1-2H3,(H,33,36). The van der Waals surface area contributed by atoms with E-state index in [4.69, 9.17) is 24.2 Å². The second-order valence-electron chi connectivity index (χ2n) is 9.55. The largest absolute Gasteiger partial charge is 0.454 e. The van der Waals surface area contributed by atoms with Gasteiger partial charge in [0, 0.05) is 22.9 Å². The molecule has 1 aliphatic heterocycles. The third-order valence-electron chi connectivity index (χ3n) is 6.54. The van der Waals surface area contributed by atoms with Gasteiger partial charge in [0.1, 0.15) is 0 Å². The zero-order chi connectivity index (χ0) is 27.6. The summed E-state index contributed by atoms with van der Waals surface area (Å²) in [4.78, 5) is 35.1. The van der Waals surface area contributed by atoms with Gasteiger partial charge in [-0.2, -0.15) is 0 Å². The SMILES string of the molecule is Cc1ccc(-c2nc3ccc(C(=O)OCC(=O)Nc4ccc5c(c4)OCO5)cc3nc2-c2ccc(C)cc2)cc1. The minimum atomic E-state index is -0.635. The Labute approximate surface area is 230 Å². The zero-order valence-electron chi connectivity index (χ0n) is 21.9. The smallest absolute Gasteiger partial charge is 0.338 e. The molecule has 40 heavy (non-hydrogen) atoms. The van der Waals surface area contributed by atoms with Crippen LogP contribution in [-0.2, 0) is 9.53 Å². The Morgan fingerprint density at radius 2 is 1.38 bits per heavy atom. The van der Waals surface area contributed by atoms with Crippen LogP contribution >= 0.6 is 0 Å². The van der Waals surface area contributed by atoms with Crippen LogP contribution in [0.3, 0.4) is 0 Å². The van der Waals surface area contributed by atoms with E-state index in [1.807, 2.05) is 62.4 Å².